The maximum absolute atomic E-state index is 10.9. The molecule has 1 atom stereocenters. The van der Waals surface area contributed by atoms with Gasteiger partial charge in [0.1, 0.15) is 5.75 Å². The molecule has 2 rings (SSSR count). The van der Waals surface area contributed by atoms with E-state index in [2.05, 4.69) is 11.8 Å². The highest BCUT2D eigenvalue weighted by Gasteiger charge is 2.32. The summed E-state index contributed by atoms with van der Waals surface area (Å²) in [6, 6.07) is 4.79. The largest absolute Gasteiger partial charge is 0.494 e. The zero-order chi connectivity index (χ0) is 15.5. The van der Waals surface area contributed by atoms with E-state index < -0.39 is 0 Å². The molecule has 1 aliphatic rings. The normalized spacial score (nSPS) is 21.4. The van der Waals surface area contributed by atoms with E-state index in [-0.39, 0.29) is 28.4 Å². The second-order valence-corrected chi connectivity index (χ2v) is 5.96. The Hall–Kier alpha value is -1.37. The van der Waals surface area contributed by atoms with Crippen molar-refractivity contribution in [2.75, 3.05) is 26.2 Å². The summed E-state index contributed by atoms with van der Waals surface area (Å²) in [5, 5.41) is 10.9. The number of hydrogen-bond acceptors (Lipinski definition) is 5. The standard InChI is InChI=1S/C15H23N3O3.ClH/c1-3-21-14-5-4-13(18(19)20)8-12(14)9-17-7-6-15(2,10-16)11-17;/h4-5,8H,3,6-7,9-11,16H2,1-2H3;1H. The van der Waals surface area contributed by atoms with Crippen LogP contribution in [0.25, 0.3) is 0 Å². The molecule has 1 fully saturated rings. The molecular formula is C15H24ClN3O3. The van der Waals surface area contributed by atoms with Gasteiger partial charge in [-0.1, -0.05) is 6.92 Å². The zero-order valence-corrected chi connectivity index (χ0v) is 13.9. The summed E-state index contributed by atoms with van der Waals surface area (Å²) in [5.74, 6) is 0.726. The SMILES string of the molecule is CCOc1ccc([N+](=O)[O-])cc1CN1CCC(C)(CN)C1.Cl. The summed E-state index contributed by atoms with van der Waals surface area (Å²) < 4.78 is 5.59. The third-order valence-electron chi connectivity index (χ3n) is 4.08. The lowest BCUT2D eigenvalue weighted by atomic mass is 9.90. The topological polar surface area (TPSA) is 81.6 Å². The molecule has 1 saturated heterocycles. The molecule has 2 N–H and O–H groups in total. The van der Waals surface area contributed by atoms with Gasteiger partial charge >= 0.3 is 0 Å². The molecule has 0 radical (unpaired) electrons. The van der Waals surface area contributed by atoms with Crippen molar-refractivity contribution in [2.24, 2.45) is 11.1 Å². The molecule has 1 unspecified atom stereocenters. The Labute approximate surface area is 137 Å². The summed E-state index contributed by atoms with van der Waals surface area (Å²) >= 11 is 0. The Morgan fingerprint density at radius 1 is 1.50 bits per heavy atom. The molecule has 0 amide bonds. The van der Waals surface area contributed by atoms with E-state index in [0.717, 1.165) is 30.8 Å². The molecule has 6 nitrogen and oxygen atoms in total. The zero-order valence-electron chi connectivity index (χ0n) is 13.1. The summed E-state index contributed by atoms with van der Waals surface area (Å²) in [5.41, 5.74) is 6.94. The van der Waals surface area contributed by atoms with Crippen molar-refractivity contribution in [3.63, 3.8) is 0 Å². The van der Waals surface area contributed by atoms with Crippen LogP contribution in [0.2, 0.25) is 0 Å². The van der Waals surface area contributed by atoms with Crippen molar-refractivity contribution in [3.05, 3.63) is 33.9 Å². The Bertz CT molecular complexity index is 527. The Morgan fingerprint density at radius 2 is 2.23 bits per heavy atom. The van der Waals surface area contributed by atoms with Crippen LogP contribution in [-0.4, -0.2) is 36.1 Å². The minimum atomic E-state index is -0.368. The number of benzene rings is 1. The average Bonchev–Trinajstić information content (AvgIpc) is 2.83. The lowest BCUT2D eigenvalue weighted by Gasteiger charge is -2.23. The molecule has 7 heteroatoms. The first-order chi connectivity index (χ1) is 9.97. The molecule has 0 bridgehead atoms. The van der Waals surface area contributed by atoms with Gasteiger partial charge in [0.15, 0.2) is 0 Å². The lowest BCUT2D eigenvalue weighted by molar-refractivity contribution is -0.385. The number of halogens is 1. The molecular weight excluding hydrogens is 306 g/mol. The van der Waals surface area contributed by atoms with Gasteiger partial charge in [0.05, 0.1) is 11.5 Å². The van der Waals surface area contributed by atoms with Crippen molar-refractivity contribution in [2.45, 2.75) is 26.8 Å². The van der Waals surface area contributed by atoms with Gasteiger partial charge in [-0.15, -0.1) is 12.4 Å². The van der Waals surface area contributed by atoms with E-state index in [9.17, 15) is 10.1 Å². The van der Waals surface area contributed by atoms with Crippen LogP contribution in [0.4, 0.5) is 5.69 Å². The Balaban J connectivity index is 0.00000242. The van der Waals surface area contributed by atoms with Crippen molar-refractivity contribution in [3.8, 4) is 5.75 Å². The molecule has 1 heterocycles. The molecule has 1 aromatic rings. The van der Waals surface area contributed by atoms with Gasteiger partial charge in [0, 0.05) is 30.8 Å². The highest BCUT2D eigenvalue weighted by atomic mass is 35.5. The fraction of sp³-hybridized carbons (Fsp3) is 0.600. The van der Waals surface area contributed by atoms with E-state index in [1.54, 1.807) is 12.1 Å². The fourth-order valence-electron chi connectivity index (χ4n) is 2.77. The van der Waals surface area contributed by atoms with Crippen LogP contribution in [0.1, 0.15) is 25.8 Å². The minimum Gasteiger partial charge on any atom is -0.494 e. The van der Waals surface area contributed by atoms with Gasteiger partial charge in [0.25, 0.3) is 5.69 Å². The number of nitro benzene ring substituents is 1. The van der Waals surface area contributed by atoms with Gasteiger partial charge < -0.3 is 10.5 Å². The number of hydrogen-bond donors (Lipinski definition) is 1. The van der Waals surface area contributed by atoms with E-state index in [4.69, 9.17) is 10.5 Å². The first kappa shape index (κ1) is 18.7. The van der Waals surface area contributed by atoms with Crippen LogP contribution in [0.5, 0.6) is 5.75 Å². The number of nitrogens with zero attached hydrogens (tertiary/aromatic N) is 2. The summed E-state index contributed by atoms with van der Waals surface area (Å²) in [6.45, 7) is 7.84. The number of ether oxygens (including phenoxy) is 1. The number of rotatable bonds is 6. The van der Waals surface area contributed by atoms with Gasteiger partial charge in [-0.05, 0) is 37.9 Å². The lowest BCUT2D eigenvalue weighted by Crippen LogP contribution is -2.31. The number of non-ortho nitro benzene ring substituents is 1. The van der Waals surface area contributed by atoms with Crippen LogP contribution >= 0.6 is 12.4 Å². The summed E-state index contributed by atoms with van der Waals surface area (Å²) in [6.07, 6.45) is 1.06. The molecule has 0 aliphatic carbocycles. The monoisotopic (exact) mass is 329 g/mol. The van der Waals surface area contributed by atoms with Crippen LogP contribution in [0.15, 0.2) is 18.2 Å². The van der Waals surface area contributed by atoms with Gasteiger partial charge in [-0.25, -0.2) is 0 Å². The predicted octanol–water partition coefficient (Wildman–Crippen LogP) is 2.59. The maximum Gasteiger partial charge on any atom is 0.270 e. The third kappa shape index (κ3) is 4.32. The van der Waals surface area contributed by atoms with Crippen LogP contribution in [-0.2, 0) is 6.54 Å². The third-order valence-corrected chi connectivity index (χ3v) is 4.08. The van der Waals surface area contributed by atoms with E-state index in [0.29, 0.717) is 19.7 Å². The van der Waals surface area contributed by atoms with E-state index in [1.165, 1.54) is 6.07 Å². The van der Waals surface area contributed by atoms with E-state index >= 15 is 0 Å². The first-order valence-electron chi connectivity index (χ1n) is 7.30. The molecule has 1 aliphatic heterocycles. The van der Waals surface area contributed by atoms with Crippen LogP contribution < -0.4 is 10.5 Å². The van der Waals surface area contributed by atoms with Crippen LogP contribution in [0.3, 0.4) is 0 Å². The molecule has 1 aromatic carbocycles. The summed E-state index contributed by atoms with van der Waals surface area (Å²) in [4.78, 5) is 12.9. The number of nitrogens with two attached hydrogens (primary N) is 1. The van der Waals surface area contributed by atoms with E-state index in [1.807, 2.05) is 6.92 Å². The van der Waals surface area contributed by atoms with Gasteiger partial charge in [0.2, 0.25) is 0 Å². The first-order valence-corrected chi connectivity index (χ1v) is 7.30. The molecule has 0 saturated carbocycles. The molecule has 0 spiro atoms. The quantitative estimate of drug-likeness (QED) is 0.640. The summed E-state index contributed by atoms with van der Waals surface area (Å²) in [7, 11) is 0. The number of likely N-dealkylation sites (tertiary alicyclic amines) is 1. The fourth-order valence-corrected chi connectivity index (χ4v) is 2.77. The molecule has 124 valence electrons. The molecule has 0 aromatic heterocycles. The van der Waals surface area contributed by atoms with Crippen LogP contribution in [0, 0.1) is 15.5 Å². The Kier molecular flexibility index (Phi) is 6.59. The predicted molar refractivity (Wildman–Crippen MR) is 88.6 cm³/mol. The van der Waals surface area contributed by atoms with Crippen molar-refractivity contribution >= 4 is 18.1 Å². The van der Waals surface area contributed by atoms with Gasteiger partial charge in [-0.2, -0.15) is 0 Å². The second-order valence-electron chi connectivity index (χ2n) is 5.96. The smallest absolute Gasteiger partial charge is 0.270 e. The highest BCUT2D eigenvalue weighted by molar-refractivity contribution is 5.85. The Morgan fingerprint density at radius 3 is 2.77 bits per heavy atom. The van der Waals surface area contributed by atoms with Gasteiger partial charge in [-0.3, -0.25) is 15.0 Å². The average molecular weight is 330 g/mol. The van der Waals surface area contributed by atoms with Crippen molar-refractivity contribution in [1.82, 2.24) is 4.90 Å². The number of nitro groups is 1. The second kappa shape index (κ2) is 7.76. The maximum atomic E-state index is 10.9. The van der Waals surface area contributed by atoms with Crippen molar-refractivity contribution in [1.29, 1.82) is 0 Å². The highest BCUT2D eigenvalue weighted by Crippen LogP contribution is 2.32. The van der Waals surface area contributed by atoms with Crippen molar-refractivity contribution < 1.29 is 9.66 Å². The molecule has 22 heavy (non-hydrogen) atoms. The minimum absolute atomic E-state index is 0.